The van der Waals surface area contributed by atoms with Gasteiger partial charge in [0.2, 0.25) is 5.91 Å². The number of carbonyl (C=O) groups is 1. The number of amides is 1. The minimum Gasteiger partial charge on any atom is -0.382 e. The summed E-state index contributed by atoms with van der Waals surface area (Å²) in [6, 6.07) is 0. The third-order valence-corrected chi connectivity index (χ3v) is 3.30. The Labute approximate surface area is 123 Å². The summed E-state index contributed by atoms with van der Waals surface area (Å²) in [6.07, 6.45) is 1.43. The summed E-state index contributed by atoms with van der Waals surface area (Å²) in [5.41, 5.74) is 0. The van der Waals surface area contributed by atoms with Crippen molar-refractivity contribution in [1.82, 2.24) is 9.80 Å². The van der Waals surface area contributed by atoms with Gasteiger partial charge in [-0.3, -0.25) is 9.69 Å². The van der Waals surface area contributed by atoms with Crippen molar-refractivity contribution in [2.24, 2.45) is 5.92 Å². The average molecular weight is 280 g/mol. The van der Waals surface area contributed by atoms with Gasteiger partial charge in [-0.05, 0) is 13.3 Å². The van der Waals surface area contributed by atoms with Gasteiger partial charge in [0.15, 0.2) is 0 Å². The SMILES string of the molecule is CCOCCCC(=O)N1CCN(CC#CC(C)C)CC1. The zero-order valence-electron chi connectivity index (χ0n) is 13.2. The van der Waals surface area contributed by atoms with Gasteiger partial charge in [0.05, 0.1) is 6.54 Å². The summed E-state index contributed by atoms with van der Waals surface area (Å²) < 4.78 is 5.26. The fourth-order valence-electron chi connectivity index (χ4n) is 2.14. The van der Waals surface area contributed by atoms with Crippen molar-refractivity contribution in [2.45, 2.75) is 33.6 Å². The molecule has 0 aliphatic carbocycles. The van der Waals surface area contributed by atoms with E-state index < -0.39 is 0 Å². The molecular formula is C16H28N2O2. The fourth-order valence-corrected chi connectivity index (χ4v) is 2.14. The lowest BCUT2D eigenvalue weighted by Gasteiger charge is -2.33. The second kappa shape index (κ2) is 9.79. The molecule has 0 unspecified atom stereocenters. The van der Waals surface area contributed by atoms with Crippen molar-refractivity contribution < 1.29 is 9.53 Å². The number of ether oxygens (including phenoxy) is 1. The van der Waals surface area contributed by atoms with E-state index in [9.17, 15) is 4.79 Å². The second-order valence-corrected chi connectivity index (χ2v) is 5.43. The first kappa shape index (κ1) is 17.0. The molecule has 0 aromatic carbocycles. The van der Waals surface area contributed by atoms with E-state index in [2.05, 4.69) is 30.6 Å². The van der Waals surface area contributed by atoms with E-state index in [1.807, 2.05) is 11.8 Å². The predicted molar refractivity (Wildman–Crippen MR) is 81.4 cm³/mol. The predicted octanol–water partition coefficient (Wildman–Crippen LogP) is 1.61. The summed E-state index contributed by atoms with van der Waals surface area (Å²) in [7, 11) is 0. The lowest BCUT2D eigenvalue weighted by Crippen LogP contribution is -2.48. The molecule has 4 nitrogen and oxygen atoms in total. The van der Waals surface area contributed by atoms with E-state index in [1.54, 1.807) is 0 Å². The molecule has 1 heterocycles. The molecule has 0 atom stereocenters. The normalized spacial score (nSPS) is 16.1. The van der Waals surface area contributed by atoms with E-state index in [0.29, 0.717) is 18.9 Å². The van der Waals surface area contributed by atoms with Crippen LogP contribution in [0.2, 0.25) is 0 Å². The highest BCUT2D eigenvalue weighted by atomic mass is 16.5. The van der Waals surface area contributed by atoms with Gasteiger partial charge in [-0.1, -0.05) is 25.7 Å². The van der Waals surface area contributed by atoms with Crippen LogP contribution in [-0.4, -0.2) is 61.6 Å². The molecular weight excluding hydrogens is 252 g/mol. The molecule has 1 aliphatic heterocycles. The van der Waals surface area contributed by atoms with E-state index >= 15 is 0 Å². The molecule has 20 heavy (non-hydrogen) atoms. The highest BCUT2D eigenvalue weighted by Crippen LogP contribution is 2.05. The highest BCUT2D eigenvalue weighted by Gasteiger charge is 2.19. The van der Waals surface area contributed by atoms with Crippen LogP contribution in [0, 0.1) is 17.8 Å². The first-order chi connectivity index (χ1) is 9.63. The molecule has 0 radical (unpaired) electrons. The molecule has 0 saturated carbocycles. The van der Waals surface area contributed by atoms with Crippen molar-refractivity contribution in [1.29, 1.82) is 0 Å². The van der Waals surface area contributed by atoms with Crippen molar-refractivity contribution in [3.05, 3.63) is 0 Å². The summed E-state index contributed by atoms with van der Waals surface area (Å²) in [5, 5.41) is 0. The first-order valence-corrected chi connectivity index (χ1v) is 7.69. The summed E-state index contributed by atoms with van der Waals surface area (Å²) in [5.74, 6) is 7.08. The lowest BCUT2D eigenvalue weighted by molar-refractivity contribution is -0.133. The first-order valence-electron chi connectivity index (χ1n) is 7.69. The van der Waals surface area contributed by atoms with Crippen LogP contribution in [0.15, 0.2) is 0 Å². The maximum atomic E-state index is 12.0. The van der Waals surface area contributed by atoms with E-state index in [0.717, 1.165) is 45.8 Å². The van der Waals surface area contributed by atoms with Crippen molar-refractivity contribution >= 4 is 5.91 Å². The number of nitrogens with zero attached hydrogens (tertiary/aromatic N) is 2. The Morgan fingerprint density at radius 3 is 2.55 bits per heavy atom. The van der Waals surface area contributed by atoms with Crippen LogP contribution in [0.4, 0.5) is 0 Å². The van der Waals surface area contributed by atoms with Crippen LogP contribution < -0.4 is 0 Å². The lowest BCUT2D eigenvalue weighted by atomic mass is 10.2. The van der Waals surface area contributed by atoms with E-state index in [4.69, 9.17) is 4.74 Å². The number of hydrogen-bond donors (Lipinski definition) is 0. The molecule has 114 valence electrons. The van der Waals surface area contributed by atoms with Gasteiger partial charge in [-0.25, -0.2) is 0 Å². The van der Waals surface area contributed by atoms with Crippen LogP contribution >= 0.6 is 0 Å². The minimum atomic E-state index is 0.262. The van der Waals surface area contributed by atoms with Crippen LogP contribution in [0.3, 0.4) is 0 Å². The molecule has 1 aliphatic rings. The van der Waals surface area contributed by atoms with Crippen LogP contribution in [0.1, 0.15) is 33.6 Å². The molecule has 0 spiro atoms. The van der Waals surface area contributed by atoms with E-state index in [1.165, 1.54) is 0 Å². The van der Waals surface area contributed by atoms with Gasteiger partial charge in [-0.15, -0.1) is 0 Å². The Morgan fingerprint density at radius 2 is 1.95 bits per heavy atom. The second-order valence-electron chi connectivity index (χ2n) is 5.43. The van der Waals surface area contributed by atoms with Crippen molar-refractivity contribution in [3.8, 4) is 11.8 Å². The number of hydrogen-bond acceptors (Lipinski definition) is 3. The zero-order valence-corrected chi connectivity index (χ0v) is 13.2. The van der Waals surface area contributed by atoms with Gasteiger partial charge in [0.1, 0.15) is 0 Å². The van der Waals surface area contributed by atoms with E-state index in [-0.39, 0.29) is 5.91 Å². The Bertz CT molecular complexity index is 336. The van der Waals surface area contributed by atoms with Crippen LogP contribution in [0.25, 0.3) is 0 Å². The maximum absolute atomic E-state index is 12.0. The number of piperazine rings is 1. The fraction of sp³-hybridized carbons (Fsp3) is 0.812. The molecule has 0 aromatic rings. The van der Waals surface area contributed by atoms with Gasteiger partial charge in [-0.2, -0.15) is 0 Å². The minimum absolute atomic E-state index is 0.262. The Morgan fingerprint density at radius 1 is 1.25 bits per heavy atom. The molecule has 0 N–H and O–H groups in total. The molecule has 1 rings (SSSR count). The van der Waals surface area contributed by atoms with Crippen LogP contribution in [-0.2, 0) is 9.53 Å². The third kappa shape index (κ3) is 6.93. The van der Waals surface area contributed by atoms with Crippen LogP contribution in [0.5, 0.6) is 0 Å². The highest BCUT2D eigenvalue weighted by molar-refractivity contribution is 5.76. The van der Waals surface area contributed by atoms with Gasteiger partial charge < -0.3 is 9.64 Å². The molecule has 1 fully saturated rings. The monoisotopic (exact) mass is 280 g/mol. The van der Waals surface area contributed by atoms with Crippen molar-refractivity contribution in [2.75, 3.05) is 45.9 Å². The van der Waals surface area contributed by atoms with Gasteiger partial charge in [0, 0.05) is 51.7 Å². The topological polar surface area (TPSA) is 32.8 Å². The standard InChI is InChI=1S/C16H28N2O2/c1-4-20-14-6-8-16(19)18-12-10-17(11-13-18)9-5-7-15(2)3/h15H,4,6,8-14H2,1-3H3. The largest absolute Gasteiger partial charge is 0.382 e. The maximum Gasteiger partial charge on any atom is 0.222 e. The van der Waals surface area contributed by atoms with Gasteiger partial charge in [0.25, 0.3) is 0 Å². The Hall–Kier alpha value is -1.05. The molecule has 1 amide bonds. The smallest absolute Gasteiger partial charge is 0.222 e. The number of rotatable bonds is 6. The summed E-state index contributed by atoms with van der Waals surface area (Å²) in [6.45, 7) is 11.9. The molecule has 0 bridgehead atoms. The van der Waals surface area contributed by atoms with Crippen molar-refractivity contribution in [3.63, 3.8) is 0 Å². The number of carbonyl (C=O) groups excluding carboxylic acids is 1. The quantitative estimate of drug-likeness (QED) is 0.547. The Kier molecular flexibility index (Phi) is 8.32. The summed E-state index contributed by atoms with van der Waals surface area (Å²) in [4.78, 5) is 16.3. The summed E-state index contributed by atoms with van der Waals surface area (Å²) >= 11 is 0. The Balaban J connectivity index is 2.18. The molecule has 4 heteroatoms. The van der Waals surface area contributed by atoms with Gasteiger partial charge >= 0.3 is 0 Å². The zero-order chi connectivity index (χ0) is 14.8. The third-order valence-electron chi connectivity index (χ3n) is 3.30. The molecule has 0 aromatic heterocycles. The molecule has 1 saturated heterocycles. The average Bonchev–Trinajstić information content (AvgIpc) is 2.44.